The quantitative estimate of drug-likeness (QED) is 0.621. The molecule has 0 aliphatic carbocycles. The number of aromatic hydroxyl groups is 1. The molecule has 2 unspecified atom stereocenters. The lowest BCUT2D eigenvalue weighted by Gasteiger charge is -2.30. The van der Waals surface area contributed by atoms with Crippen LogP contribution in [0.1, 0.15) is 47.2 Å². The van der Waals surface area contributed by atoms with Crippen molar-refractivity contribution in [3.63, 3.8) is 0 Å². The number of phenols is 1. The first-order valence-corrected chi connectivity index (χ1v) is 8.96. The van der Waals surface area contributed by atoms with E-state index in [-0.39, 0.29) is 11.3 Å². The highest BCUT2D eigenvalue weighted by Gasteiger charge is 2.35. The number of fused-ring (bicyclic) bond motifs is 4. The molecule has 5 heteroatoms. The smallest absolute Gasteiger partial charge is 0.335 e. The molecule has 0 spiro atoms. The van der Waals surface area contributed by atoms with Crippen molar-refractivity contribution in [2.45, 2.75) is 37.8 Å². The number of hydrogen-bond donors (Lipinski definition) is 3. The number of carbonyl (C=O) groups is 1. The van der Waals surface area contributed by atoms with Gasteiger partial charge >= 0.3 is 5.97 Å². The third-order valence-electron chi connectivity index (χ3n) is 5.65. The molecule has 3 heterocycles. The minimum Gasteiger partial charge on any atom is -0.504 e. The zero-order valence-electron chi connectivity index (χ0n) is 14.2. The van der Waals surface area contributed by atoms with Gasteiger partial charge in [-0.1, -0.05) is 17.7 Å². The van der Waals surface area contributed by atoms with Crippen LogP contribution in [0.5, 0.6) is 17.2 Å². The molecule has 2 atom stereocenters. The number of nitrogens with one attached hydrogen (secondary N) is 1. The van der Waals surface area contributed by atoms with Crippen molar-refractivity contribution in [1.82, 2.24) is 5.32 Å². The standard InChI is InChI=1S/C21H19NO4/c23-17-3-1-2-16-19(12-8-13-5-6-14(9-12)22-13)15-7-4-11(21(24)25)10-18(15)26-20(16)17/h1-4,7,10,13-14,22-23H,5-6,8-9H2,(H,24,25). The zero-order chi connectivity index (χ0) is 17.8. The van der Waals surface area contributed by atoms with E-state index in [0.717, 1.165) is 29.5 Å². The lowest BCUT2D eigenvalue weighted by molar-refractivity contribution is 0.0696. The van der Waals surface area contributed by atoms with Crippen LogP contribution >= 0.6 is 0 Å². The topological polar surface area (TPSA) is 78.8 Å². The van der Waals surface area contributed by atoms with E-state index < -0.39 is 5.97 Å². The molecule has 2 bridgehead atoms. The van der Waals surface area contributed by atoms with Crippen LogP contribution in [0.3, 0.4) is 0 Å². The molecule has 0 aromatic heterocycles. The van der Waals surface area contributed by atoms with E-state index in [4.69, 9.17) is 4.74 Å². The summed E-state index contributed by atoms with van der Waals surface area (Å²) in [5.74, 6) is -0.0133. The minimum atomic E-state index is -0.992. The van der Waals surface area contributed by atoms with E-state index in [1.807, 2.05) is 18.2 Å². The van der Waals surface area contributed by atoms with Gasteiger partial charge in [-0.25, -0.2) is 4.79 Å². The summed E-state index contributed by atoms with van der Waals surface area (Å²) in [5, 5.41) is 23.3. The van der Waals surface area contributed by atoms with Crippen molar-refractivity contribution in [3.05, 3.63) is 58.7 Å². The van der Waals surface area contributed by atoms with Crippen LogP contribution in [0.15, 0.2) is 42.0 Å². The minimum absolute atomic E-state index is 0.0730. The summed E-state index contributed by atoms with van der Waals surface area (Å²) in [6, 6.07) is 11.4. The molecule has 2 aromatic rings. The van der Waals surface area contributed by atoms with Crippen LogP contribution in [0, 0.1) is 0 Å². The van der Waals surface area contributed by atoms with Crippen molar-refractivity contribution in [2.24, 2.45) is 0 Å². The van der Waals surface area contributed by atoms with Crippen molar-refractivity contribution in [3.8, 4) is 17.2 Å². The fourth-order valence-electron chi connectivity index (χ4n) is 4.52. The van der Waals surface area contributed by atoms with Crippen molar-refractivity contribution < 1.29 is 19.7 Å². The Kier molecular flexibility index (Phi) is 3.34. The predicted molar refractivity (Wildman–Crippen MR) is 96.8 cm³/mol. The number of carboxylic acids is 1. The van der Waals surface area contributed by atoms with E-state index >= 15 is 0 Å². The molecule has 2 fully saturated rings. The molecule has 5 rings (SSSR count). The second kappa shape index (κ2) is 5.61. The molecule has 5 nitrogen and oxygen atoms in total. The van der Waals surface area contributed by atoms with Gasteiger partial charge in [0.15, 0.2) is 11.5 Å². The molecule has 2 aromatic carbocycles. The van der Waals surface area contributed by atoms with Crippen LogP contribution in [0.4, 0.5) is 0 Å². The molecule has 3 N–H and O–H groups in total. The SMILES string of the molecule is O=C(O)c1ccc2c(c1)Oc1c(O)cccc1C2=C1CC2CCC(C1)N2. The highest BCUT2D eigenvalue weighted by atomic mass is 16.5. The number of benzene rings is 2. The highest BCUT2D eigenvalue weighted by Crippen LogP contribution is 2.50. The molecule has 0 saturated carbocycles. The fraction of sp³-hybridized carbons (Fsp3) is 0.286. The molecule has 2 saturated heterocycles. The van der Waals surface area contributed by atoms with E-state index in [1.54, 1.807) is 18.2 Å². The van der Waals surface area contributed by atoms with Gasteiger partial charge in [0, 0.05) is 23.2 Å². The van der Waals surface area contributed by atoms with Crippen LogP contribution in [-0.2, 0) is 0 Å². The Morgan fingerprint density at radius 3 is 2.58 bits per heavy atom. The Hall–Kier alpha value is -2.79. The largest absolute Gasteiger partial charge is 0.504 e. The average molecular weight is 349 g/mol. The number of rotatable bonds is 1. The summed E-state index contributed by atoms with van der Waals surface area (Å²) in [6.07, 6.45) is 4.33. The van der Waals surface area contributed by atoms with E-state index in [9.17, 15) is 15.0 Å². The summed E-state index contributed by atoms with van der Waals surface area (Å²) in [7, 11) is 0. The van der Waals surface area contributed by atoms with E-state index in [1.165, 1.54) is 18.4 Å². The van der Waals surface area contributed by atoms with Crippen molar-refractivity contribution >= 4 is 11.5 Å². The Morgan fingerprint density at radius 2 is 1.85 bits per heavy atom. The second-order valence-electron chi connectivity index (χ2n) is 7.30. The van der Waals surface area contributed by atoms with Gasteiger partial charge in [-0.05, 0) is 55.5 Å². The molecule has 3 aliphatic rings. The number of hydrogen-bond acceptors (Lipinski definition) is 4. The maximum atomic E-state index is 11.4. The first kappa shape index (κ1) is 15.5. The first-order chi connectivity index (χ1) is 12.6. The van der Waals surface area contributed by atoms with E-state index in [2.05, 4.69) is 5.32 Å². The van der Waals surface area contributed by atoms with Gasteiger partial charge in [0.1, 0.15) is 5.75 Å². The molecule has 132 valence electrons. The lowest BCUT2D eigenvalue weighted by Crippen LogP contribution is -2.35. The van der Waals surface area contributed by atoms with Crippen LogP contribution in [0.25, 0.3) is 5.57 Å². The van der Waals surface area contributed by atoms with Gasteiger partial charge in [-0.3, -0.25) is 0 Å². The fourth-order valence-corrected chi connectivity index (χ4v) is 4.52. The van der Waals surface area contributed by atoms with Crippen LogP contribution in [-0.4, -0.2) is 28.3 Å². The van der Waals surface area contributed by atoms with Gasteiger partial charge < -0.3 is 20.3 Å². The van der Waals surface area contributed by atoms with Crippen LogP contribution in [0.2, 0.25) is 0 Å². The first-order valence-electron chi connectivity index (χ1n) is 8.96. The lowest BCUT2D eigenvalue weighted by atomic mass is 9.84. The summed E-state index contributed by atoms with van der Waals surface area (Å²) >= 11 is 0. The summed E-state index contributed by atoms with van der Waals surface area (Å²) in [6.45, 7) is 0. The van der Waals surface area contributed by atoms with Crippen LogP contribution < -0.4 is 10.1 Å². The molecule has 0 amide bonds. The predicted octanol–water partition coefficient (Wildman–Crippen LogP) is 3.91. The zero-order valence-corrected chi connectivity index (χ0v) is 14.2. The van der Waals surface area contributed by atoms with Gasteiger partial charge in [-0.15, -0.1) is 0 Å². The summed E-state index contributed by atoms with van der Waals surface area (Å²) in [5.41, 5.74) is 4.42. The van der Waals surface area contributed by atoms with E-state index in [0.29, 0.717) is 23.6 Å². The number of carboxylic acid groups (broad SMARTS) is 1. The summed E-state index contributed by atoms with van der Waals surface area (Å²) in [4.78, 5) is 11.4. The second-order valence-corrected chi connectivity index (χ2v) is 7.30. The number of ether oxygens (including phenoxy) is 1. The monoisotopic (exact) mass is 349 g/mol. The average Bonchev–Trinajstić information content (AvgIpc) is 2.97. The molecule has 3 aliphatic heterocycles. The third-order valence-corrected chi connectivity index (χ3v) is 5.65. The molecule has 26 heavy (non-hydrogen) atoms. The number of piperidine rings is 1. The Bertz CT molecular complexity index is 948. The van der Waals surface area contributed by atoms with Crippen molar-refractivity contribution in [1.29, 1.82) is 0 Å². The van der Waals surface area contributed by atoms with Gasteiger partial charge in [0.25, 0.3) is 0 Å². The molecular weight excluding hydrogens is 330 g/mol. The number of aromatic carboxylic acids is 1. The molecular formula is C21H19NO4. The Balaban J connectivity index is 1.74. The third kappa shape index (κ3) is 2.31. The molecule has 0 radical (unpaired) electrons. The maximum Gasteiger partial charge on any atom is 0.335 e. The summed E-state index contributed by atoms with van der Waals surface area (Å²) < 4.78 is 5.93. The van der Waals surface area contributed by atoms with Gasteiger partial charge in [0.2, 0.25) is 0 Å². The Morgan fingerprint density at radius 1 is 1.08 bits per heavy atom. The number of para-hydroxylation sites is 1. The van der Waals surface area contributed by atoms with Gasteiger partial charge in [0.05, 0.1) is 5.56 Å². The van der Waals surface area contributed by atoms with Crippen molar-refractivity contribution in [2.75, 3.05) is 0 Å². The van der Waals surface area contributed by atoms with Gasteiger partial charge in [-0.2, -0.15) is 0 Å². The maximum absolute atomic E-state index is 11.4. The number of phenolic OH excluding ortho intramolecular Hbond substituents is 1. The highest BCUT2D eigenvalue weighted by molar-refractivity contribution is 5.94. The Labute approximate surface area is 150 Å². The normalized spacial score (nSPS) is 23.2.